The van der Waals surface area contributed by atoms with Crippen LogP contribution in [-0.4, -0.2) is 23.3 Å². The molecule has 0 heterocycles. The first-order chi connectivity index (χ1) is 10.3. The maximum atomic E-state index is 9.76. The molecule has 1 aliphatic carbocycles. The van der Waals surface area contributed by atoms with Crippen LogP contribution in [0.5, 0.6) is 5.75 Å². The topological polar surface area (TPSA) is 49.7 Å². The summed E-state index contributed by atoms with van der Waals surface area (Å²) >= 11 is 0. The van der Waals surface area contributed by atoms with Gasteiger partial charge in [0.1, 0.15) is 5.75 Å². The van der Waals surface area contributed by atoms with Crippen molar-refractivity contribution < 1.29 is 14.8 Å². The van der Waals surface area contributed by atoms with Crippen LogP contribution in [0.25, 0.3) is 10.8 Å². The van der Waals surface area contributed by atoms with Gasteiger partial charge >= 0.3 is 7.12 Å². The monoisotopic (exact) mass is 284 g/mol. The first-order valence-electron chi connectivity index (χ1n) is 7.80. The van der Waals surface area contributed by atoms with Crippen molar-refractivity contribution in [3.05, 3.63) is 36.4 Å². The molecule has 2 N–H and O–H groups in total. The molecule has 2 aromatic rings. The van der Waals surface area contributed by atoms with Gasteiger partial charge in [0, 0.05) is 5.46 Å². The second-order valence-corrected chi connectivity index (χ2v) is 5.80. The predicted octanol–water partition coefficient (Wildman–Crippen LogP) is 2.62. The van der Waals surface area contributed by atoms with Gasteiger partial charge in [0.15, 0.2) is 0 Å². The minimum atomic E-state index is -1.52. The van der Waals surface area contributed by atoms with Crippen molar-refractivity contribution in [1.29, 1.82) is 0 Å². The first kappa shape index (κ1) is 14.4. The molecule has 0 radical (unpaired) electrons. The number of rotatable bonds is 3. The fraction of sp³-hybridized carbons (Fsp3) is 0.412. The second-order valence-electron chi connectivity index (χ2n) is 5.80. The zero-order valence-corrected chi connectivity index (χ0v) is 12.2. The van der Waals surface area contributed by atoms with Crippen LogP contribution in [0.15, 0.2) is 36.4 Å². The van der Waals surface area contributed by atoms with Crippen molar-refractivity contribution in [3.8, 4) is 5.75 Å². The summed E-state index contributed by atoms with van der Waals surface area (Å²) in [5, 5.41) is 21.4. The van der Waals surface area contributed by atoms with Crippen molar-refractivity contribution in [3.63, 3.8) is 0 Å². The standard InChI is InChI=1S/C17H21BO3/c19-18(20)17-15-10-6-5-7-13(15)11-12-16(17)21-14-8-3-1-2-4-9-14/h5-7,10-12,14,19-20H,1-4,8-9H2. The lowest BCUT2D eigenvalue weighted by Gasteiger charge is -2.20. The van der Waals surface area contributed by atoms with Crippen molar-refractivity contribution in [2.45, 2.75) is 44.6 Å². The van der Waals surface area contributed by atoms with Crippen LogP contribution >= 0.6 is 0 Å². The molecular formula is C17H21BO3. The van der Waals surface area contributed by atoms with E-state index >= 15 is 0 Å². The van der Waals surface area contributed by atoms with Crippen LogP contribution in [0.3, 0.4) is 0 Å². The lowest BCUT2D eigenvalue weighted by molar-refractivity contribution is 0.185. The summed E-state index contributed by atoms with van der Waals surface area (Å²) in [5.41, 5.74) is 0.484. The lowest BCUT2D eigenvalue weighted by Crippen LogP contribution is -2.33. The highest BCUT2D eigenvalue weighted by Crippen LogP contribution is 2.24. The number of ether oxygens (including phenoxy) is 1. The molecule has 0 atom stereocenters. The Morgan fingerprint density at radius 2 is 1.62 bits per heavy atom. The molecule has 0 bridgehead atoms. The molecule has 0 aromatic heterocycles. The Kier molecular flexibility index (Phi) is 4.46. The third-order valence-electron chi connectivity index (χ3n) is 4.28. The van der Waals surface area contributed by atoms with Gasteiger partial charge < -0.3 is 14.8 Å². The summed E-state index contributed by atoms with van der Waals surface area (Å²) in [4.78, 5) is 0. The molecule has 21 heavy (non-hydrogen) atoms. The van der Waals surface area contributed by atoms with Gasteiger partial charge in [-0.15, -0.1) is 0 Å². The first-order valence-corrected chi connectivity index (χ1v) is 7.80. The molecule has 3 nitrogen and oxygen atoms in total. The van der Waals surface area contributed by atoms with Gasteiger partial charge in [-0.2, -0.15) is 0 Å². The molecule has 1 fully saturated rings. The normalized spacial score (nSPS) is 16.7. The SMILES string of the molecule is OB(O)c1c(OC2CCCCCC2)ccc2ccccc12. The molecule has 4 heteroatoms. The van der Waals surface area contributed by atoms with E-state index in [1.54, 1.807) is 0 Å². The molecular weight excluding hydrogens is 263 g/mol. The molecule has 3 rings (SSSR count). The molecule has 2 aromatic carbocycles. The summed E-state index contributed by atoms with van der Waals surface area (Å²) in [6, 6.07) is 11.6. The quantitative estimate of drug-likeness (QED) is 0.673. The van der Waals surface area contributed by atoms with Crippen LogP contribution in [0.2, 0.25) is 0 Å². The zero-order chi connectivity index (χ0) is 14.7. The average Bonchev–Trinajstić information content (AvgIpc) is 2.75. The molecule has 110 valence electrons. The Hall–Kier alpha value is -1.52. The van der Waals surface area contributed by atoms with E-state index in [1.165, 1.54) is 25.7 Å². The van der Waals surface area contributed by atoms with Crippen molar-refractivity contribution >= 4 is 23.4 Å². The lowest BCUT2D eigenvalue weighted by atomic mass is 9.76. The number of fused-ring (bicyclic) bond motifs is 1. The maximum absolute atomic E-state index is 9.76. The van der Waals surface area contributed by atoms with E-state index in [2.05, 4.69) is 0 Å². The molecule has 1 saturated carbocycles. The third-order valence-corrected chi connectivity index (χ3v) is 4.28. The minimum absolute atomic E-state index is 0.186. The third kappa shape index (κ3) is 3.22. The van der Waals surface area contributed by atoms with Crippen LogP contribution in [0.4, 0.5) is 0 Å². The number of hydrogen-bond acceptors (Lipinski definition) is 3. The summed E-state index contributed by atoms with van der Waals surface area (Å²) in [7, 11) is -1.52. The highest BCUT2D eigenvalue weighted by molar-refractivity contribution is 6.63. The maximum Gasteiger partial charge on any atom is 0.492 e. The van der Waals surface area contributed by atoms with Crippen LogP contribution in [-0.2, 0) is 0 Å². The van der Waals surface area contributed by atoms with Crippen molar-refractivity contribution in [2.75, 3.05) is 0 Å². The Morgan fingerprint density at radius 3 is 2.33 bits per heavy atom. The molecule has 1 aliphatic rings. The summed E-state index contributed by atoms with van der Waals surface area (Å²) in [6.07, 6.45) is 7.21. The van der Waals surface area contributed by atoms with Gasteiger partial charge in [0.05, 0.1) is 6.10 Å². The smallest absolute Gasteiger partial charge is 0.491 e. The minimum Gasteiger partial charge on any atom is -0.491 e. The number of benzene rings is 2. The summed E-state index contributed by atoms with van der Waals surface area (Å²) in [5.74, 6) is 0.607. The van der Waals surface area contributed by atoms with E-state index < -0.39 is 7.12 Å². The van der Waals surface area contributed by atoms with Gasteiger partial charge in [-0.25, -0.2) is 0 Å². The fourth-order valence-electron chi connectivity index (χ4n) is 3.18. The Morgan fingerprint density at radius 1 is 0.905 bits per heavy atom. The van der Waals surface area contributed by atoms with E-state index in [1.807, 2.05) is 36.4 Å². The van der Waals surface area contributed by atoms with E-state index in [0.717, 1.165) is 23.6 Å². The van der Waals surface area contributed by atoms with E-state index in [0.29, 0.717) is 11.2 Å². The summed E-state index contributed by atoms with van der Waals surface area (Å²) < 4.78 is 6.12. The van der Waals surface area contributed by atoms with E-state index in [9.17, 15) is 10.0 Å². The Bertz CT molecular complexity index is 604. The fourth-order valence-corrected chi connectivity index (χ4v) is 3.18. The van der Waals surface area contributed by atoms with Crippen molar-refractivity contribution in [1.82, 2.24) is 0 Å². The highest BCUT2D eigenvalue weighted by atomic mass is 16.5. The highest BCUT2D eigenvalue weighted by Gasteiger charge is 2.23. The van der Waals surface area contributed by atoms with Gasteiger partial charge in [-0.3, -0.25) is 0 Å². The van der Waals surface area contributed by atoms with Gasteiger partial charge in [0.25, 0.3) is 0 Å². The molecule has 0 saturated heterocycles. The van der Waals surface area contributed by atoms with Crippen molar-refractivity contribution in [2.24, 2.45) is 0 Å². The molecule has 0 amide bonds. The van der Waals surface area contributed by atoms with Crippen LogP contribution in [0.1, 0.15) is 38.5 Å². The molecule has 0 unspecified atom stereocenters. The zero-order valence-electron chi connectivity index (χ0n) is 12.2. The van der Waals surface area contributed by atoms with Gasteiger partial charge in [0.2, 0.25) is 0 Å². The Balaban J connectivity index is 1.95. The Labute approximate surface area is 125 Å². The second kappa shape index (κ2) is 6.50. The van der Waals surface area contributed by atoms with Crippen LogP contribution < -0.4 is 10.2 Å². The largest absolute Gasteiger partial charge is 0.492 e. The predicted molar refractivity (Wildman–Crippen MR) is 85.9 cm³/mol. The molecule has 0 spiro atoms. The van der Waals surface area contributed by atoms with E-state index in [4.69, 9.17) is 4.74 Å². The number of hydrogen-bond donors (Lipinski definition) is 2. The van der Waals surface area contributed by atoms with Gasteiger partial charge in [-0.1, -0.05) is 43.2 Å². The van der Waals surface area contributed by atoms with E-state index in [-0.39, 0.29) is 6.10 Å². The van der Waals surface area contributed by atoms with Gasteiger partial charge in [-0.05, 0) is 42.5 Å². The summed E-state index contributed by atoms with van der Waals surface area (Å²) in [6.45, 7) is 0. The van der Waals surface area contributed by atoms with Crippen LogP contribution in [0, 0.1) is 0 Å². The molecule has 0 aliphatic heterocycles. The average molecular weight is 284 g/mol.